The molecule has 0 spiro atoms. The van der Waals surface area contributed by atoms with Crippen LogP contribution in [0.15, 0.2) is 29.2 Å². The first-order valence-electron chi connectivity index (χ1n) is 6.97. The topological polar surface area (TPSA) is 67.1 Å². The molecule has 1 aliphatic heterocycles. The average molecular weight is 273 g/mol. The highest BCUT2D eigenvalue weighted by molar-refractivity contribution is 5.33. The van der Waals surface area contributed by atoms with Gasteiger partial charge in [0.25, 0.3) is 0 Å². The minimum Gasteiger partial charge on any atom is -0.367 e. The fourth-order valence-electron chi connectivity index (χ4n) is 2.54. The van der Waals surface area contributed by atoms with Crippen LogP contribution < -0.4 is 5.32 Å². The van der Waals surface area contributed by atoms with E-state index in [1.165, 1.54) is 0 Å². The summed E-state index contributed by atoms with van der Waals surface area (Å²) in [4.78, 5) is 10.5. The van der Waals surface area contributed by atoms with Crippen molar-refractivity contribution >= 4 is 5.82 Å². The smallest absolute Gasteiger partial charge is 0.133 e. The third-order valence-corrected chi connectivity index (χ3v) is 3.58. The van der Waals surface area contributed by atoms with Crippen molar-refractivity contribution in [3.63, 3.8) is 0 Å². The van der Waals surface area contributed by atoms with Crippen molar-refractivity contribution in [2.75, 3.05) is 18.4 Å². The SMILES string of the molecule is Cc1cc(CN2CCC(Nc3ccncn3)CC2)no1. The van der Waals surface area contributed by atoms with Crippen LogP contribution in [0.3, 0.4) is 0 Å². The van der Waals surface area contributed by atoms with E-state index in [-0.39, 0.29) is 0 Å². The Morgan fingerprint density at radius 1 is 1.40 bits per heavy atom. The van der Waals surface area contributed by atoms with E-state index >= 15 is 0 Å². The van der Waals surface area contributed by atoms with Crippen LogP contribution in [0, 0.1) is 6.92 Å². The van der Waals surface area contributed by atoms with E-state index in [4.69, 9.17) is 4.52 Å². The Kier molecular flexibility index (Phi) is 3.92. The number of likely N-dealkylation sites (tertiary alicyclic amines) is 1. The van der Waals surface area contributed by atoms with Gasteiger partial charge < -0.3 is 9.84 Å². The highest BCUT2D eigenvalue weighted by atomic mass is 16.5. The molecule has 20 heavy (non-hydrogen) atoms. The van der Waals surface area contributed by atoms with Gasteiger partial charge in [-0.3, -0.25) is 4.90 Å². The molecule has 0 bridgehead atoms. The molecule has 6 nitrogen and oxygen atoms in total. The molecule has 0 radical (unpaired) electrons. The highest BCUT2D eigenvalue weighted by Gasteiger charge is 2.20. The molecule has 1 aliphatic rings. The van der Waals surface area contributed by atoms with E-state index in [1.54, 1.807) is 12.5 Å². The summed E-state index contributed by atoms with van der Waals surface area (Å²) >= 11 is 0. The lowest BCUT2D eigenvalue weighted by Gasteiger charge is -2.31. The Morgan fingerprint density at radius 2 is 2.25 bits per heavy atom. The first-order chi connectivity index (χ1) is 9.79. The van der Waals surface area contributed by atoms with Gasteiger partial charge in [0.1, 0.15) is 17.9 Å². The van der Waals surface area contributed by atoms with Gasteiger partial charge in [-0.1, -0.05) is 5.16 Å². The summed E-state index contributed by atoms with van der Waals surface area (Å²) in [6.07, 6.45) is 5.56. The zero-order valence-corrected chi connectivity index (χ0v) is 11.6. The van der Waals surface area contributed by atoms with E-state index in [1.807, 2.05) is 19.1 Å². The first-order valence-corrected chi connectivity index (χ1v) is 6.97. The number of hydrogen-bond acceptors (Lipinski definition) is 6. The monoisotopic (exact) mass is 273 g/mol. The zero-order valence-electron chi connectivity index (χ0n) is 11.6. The third-order valence-electron chi connectivity index (χ3n) is 3.58. The second-order valence-corrected chi connectivity index (χ2v) is 5.22. The largest absolute Gasteiger partial charge is 0.367 e. The van der Waals surface area contributed by atoms with Crippen molar-refractivity contribution in [3.8, 4) is 0 Å². The minimum atomic E-state index is 0.486. The molecule has 1 saturated heterocycles. The van der Waals surface area contributed by atoms with Gasteiger partial charge in [-0.05, 0) is 25.8 Å². The molecule has 2 aromatic heterocycles. The lowest BCUT2D eigenvalue weighted by Crippen LogP contribution is -2.38. The van der Waals surface area contributed by atoms with E-state index in [9.17, 15) is 0 Å². The standard InChI is InChI=1S/C14H19N5O/c1-11-8-13(18-20-11)9-19-6-3-12(4-7-19)17-14-2-5-15-10-16-14/h2,5,8,10,12H,3-4,6-7,9H2,1H3,(H,15,16,17). The van der Waals surface area contributed by atoms with Crippen molar-refractivity contribution in [3.05, 3.63) is 36.1 Å². The highest BCUT2D eigenvalue weighted by Crippen LogP contribution is 2.16. The molecule has 2 aromatic rings. The van der Waals surface area contributed by atoms with Gasteiger partial charge in [-0.2, -0.15) is 0 Å². The number of nitrogens with zero attached hydrogens (tertiary/aromatic N) is 4. The van der Waals surface area contributed by atoms with Crippen molar-refractivity contribution in [1.29, 1.82) is 0 Å². The van der Waals surface area contributed by atoms with Crippen molar-refractivity contribution in [2.45, 2.75) is 32.4 Å². The quantitative estimate of drug-likeness (QED) is 0.917. The van der Waals surface area contributed by atoms with Gasteiger partial charge in [0.05, 0.1) is 5.69 Å². The number of piperidine rings is 1. The summed E-state index contributed by atoms with van der Waals surface area (Å²) in [7, 11) is 0. The van der Waals surface area contributed by atoms with Crippen LogP contribution in [0.2, 0.25) is 0 Å². The van der Waals surface area contributed by atoms with Crippen LogP contribution in [-0.2, 0) is 6.54 Å². The lowest BCUT2D eigenvalue weighted by molar-refractivity contribution is 0.205. The molecule has 1 N–H and O–H groups in total. The van der Waals surface area contributed by atoms with E-state index in [0.717, 1.165) is 49.7 Å². The normalized spacial score (nSPS) is 17.2. The Balaban J connectivity index is 1.47. The maximum atomic E-state index is 5.10. The maximum Gasteiger partial charge on any atom is 0.133 e. The average Bonchev–Trinajstić information content (AvgIpc) is 2.88. The van der Waals surface area contributed by atoms with Gasteiger partial charge in [-0.15, -0.1) is 0 Å². The summed E-state index contributed by atoms with van der Waals surface area (Å²) in [5, 5.41) is 7.50. The molecule has 0 aliphatic carbocycles. The number of aromatic nitrogens is 3. The number of nitrogens with one attached hydrogen (secondary N) is 1. The molecular weight excluding hydrogens is 254 g/mol. The molecule has 0 aromatic carbocycles. The summed E-state index contributed by atoms with van der Waals surface area (Å²) < 4.78 is 5.10. The molecule has 6 heteroatoms. The zero-order chi connectivity index (χ0) is 13.8. The summed E-state index contributed by atoms with van der Waals surface area (Å²) in [5.41, 5.74) is 1.02. The van der Waals surface area contributed by atoms with E-state index in [0.29, 0.717) is 6.04 Å². The van der Waals surface area contributed by atoms with Gasteiger partial charge in [0.2, 0.25) is 0 Å². The van der Waals surface area contributed by atoms with E-state index in [2.05, 4.69) is 25.3 Å². The number of rotatable bonds is 4. The van der Waals surface area contributed by atoms with Crippen molar-refractivity contribution in [2.24, 2.45) is 0 Å². The van der Waals surface area contributed by atoms with Crippen LogP contribution in [0.1, 0.15) is 24.3 Å². The van der Waals surface area contributed by atoms with Gasteiger partial charge in [0, 0.05) is 37.9 Å². The summed E-state index contributed by atoms with van der Waals surface area (Å²) in [6.45, 7) is 4.93. The summed E-state index contributed by atoms with van der Waals surface area (Å²) in [6, 6.07) is 4.40. The minimum absolute atomic E-state index is 0.486. The Hall–Kier alpha value is -1.95. The second-order valence-electron chi connectivity index (χ2n) is 5.22. The second kappa shape index (κ2) is 6.00. The van der Waals surface area contributed by atoms with Crippen LogP contribution in [0.25, 0.3) is 0 Å². The number of aryl methyl sites for hydroxylation is 1. The number of anilines is 1. The van der Waals surface area contributed by atoms with Crippen molar-refractivity contribution in [1.82, 2.24) is 20.0 Å². The fraction of sp³-hybridized carbons (Fsp3) is 0.500. The van der Waals surface area contributed by atoms with Crippen LogP contribution in [-0.4, -0.2) is 39.2 Å². The van der Waals surface area contributed by atoms with Crippen LogP contribution >= 0.6 is 0 Å². The van der Waals surface area contributed by atoms with Gasteiger partial charge in [-0.25, -0.2) is 9.97 Å². The molecular formula is C14H19N5O. The fourth-order valence-corrected chi connectivity index (χ4v) is 2.54. The lowest BCUT2D eigenvalue weighted by atomic mass is 10.0. The molecule has 3 rings (SSSR count). The molecule has 0 atom stereocenters. The predicted molar refractivity (Wildman–Crippen MR) is 75.2 cm³/mol. The van der Waals surface area contributed by atoms with Crippen LogP contribution in [0.5, 0.6) is 0 Å². The maximum absolute atomic E-state index is 5.10. The molecule has 0 saturated carbocycles. The number of hydrogen-bond donors (Lipinski definition) is 1. The molecule has 106 valence electrons. The van der Waals surface area contributed by atoms with Crippen molar-refractivity contribution < 1.29 is 4.52 Å². The summed E-state index contributed by atoms with van der Waals surface area (Å²) in [5.74, 6) is 1.78. The Bertz CT molecular complexity index is 534. The first kappa shape index (κ1) is 13.1. The van der Waals surface area contributed by atoms with Gasteiger partial charge in [0.15, 0.2) is 0 Å². The van der Waals surface area contributed by atoms with Gasteiger partial charge >= 0.3 is 0 Å². The molecule has 0 unspecified atom stereocenters. The Labute approximate surface area is 118 Å². The predicted octanol–water partition coefficient (Wildman–Crippen LogP) is 1.85. The molecule has 1 fully saturated rings. The molecule has 3 heterocycles. The van der Waals surface area contributed by atoms with Crippen LogP contribution in [0.4, 0.5) is 5.82 Å². The van der Waals surface area contributed by atoms with E-state index < -0.39 is 0 Å². The Morgan fingerprint density at radius 3 is 2.90 bits per heavy atom. The third kappa shape index (κ3) is 3.33. The molecule has 0 amide bonds.